The number of hydrogen-bond acceptors (Lipinski definition) is 8. The van der Waals surface area contributed by atoms with Gasteiger partial charge in [-0.15, -0.1) is 0 Å². The van der Waals surface area contributed by atoms with E-state index >= 15 is 0 Å². The van der Waals surface area contributed by atoms with Gasteiger partial charge in [0.25, 0.3) is 5.91 Å². The van der Waals surface area contributed by atoms with Crippen LogP contribution in [0.25, 0.3) is 11.4 Å². The Morgan fingerprint density at radius 1 is 1.07 bits per heavy atom. The molecule has 0 radical (unpaired) electrons. The molecule has 0 spiro atoms. The molecular weight excluding hydrogens is 364 g/mol. The topological polar surface area (TPSA) is 94.1 Å². The monoisotopic (exact) mass is 384 g/mol. The average Bonchev–Trinajstić information content (AvgIpc) is 3.45. The van der Waals surface area contributed by atoms with Crippen molar-refractivity contribution in [2.45, 2.75) is 0 Å². The highest BCUT2D eigenvalue weighted by atomic mass is 16.5. The van der Waals surface area contributed by atoms with Crippen LogP contribution < -0.4 is 14.4 Å². The lowest BCUT2D eigenvalue weighted by Crippen LogP contribution is -2.48. The Morgan fingerprint density at radius 2 is 1.89 bits per heavy atom. The molecule has 0 atom stereocenters. The quantitative estimate of drug-likeness (QED) is 0.661. The molecular formula is C19H20N4O5. The normalized spacial score (nSPS) is 14.2. The molecule has 1 fully saturated rings. The van der Waals surface area contributed by atoms with Crippen molar-refractivity contribution in [3.05, 3.63) is 42.4 Å². The molecule has 1 aromatic carbocycles. The van der Waals surface area contributed by atoms with Crippen LogP contribution in [0.4, 0.5) is 6.01 Å². The minimum Gasteiger partial charge on any atom is -0.493 e. The second-order valence-corrected chi connectivity index (χ2v) is 6.20. The third-order valence-electron chi connectivity index (χ3n) is 4.63. The third-order valence-corrected chi connectivity index (χ3v) is 4.63. The van der Waals surface area contributed by atoms with Crippen LogP contribution in [0.1, 0.15) is 10.6 Å². The van der Waals surface area contributed by atoms with E-state index in [9.17, 15) is 4.79 Å². The van der Waals surface area contributed by atoms with Crippen LogP contribution in [0, 0.1) is 0 Å². The Kier molecular flexibility index (Phi) is 4.88. The number of furan rings is 1. The van der Waals surface area contributed by atoms with Crippen molar-refractivity contribution in [3.63, 3.8) is 0 Å². The minimum atomic E-state index is -0.114. The van der Waals surface area contributed by atoms with Crippen LogP contribution in [0.15, 0.2) is 45.5 Å². The predicted octanol–water partition coefficient (Wildman–Crippen LogP) is 2.31. The number of aromatic nitrogens is 2. The number of hydrogen-bond donors (Lipinski definition) is 0. The van der Waals surface area contributed by atoms with E-state index in [1.54, 1.807) is 37.3 Å². The third kappa shape index (κ3) is 3.26. The van der Waals surface area contributed by atoms with Crippen molar-refractivity contribution >= 4 is 11.9 Å². The van der Waals surface area contributed by atoms with E-state index in [1.807, 2.05) is 17.0 Å². The van der Waals surface area contributed by atoms with E-state index in [-0.39, 0.29) is 5.91 Å². The minimum absolute atomic E-state index is 0.114. The van der Waals surface area contributed by atoms with E-state index in [2.05, 4.69) is 10.1 Å². The molecule has 1 saturated heterocycles. The van der Waals surface area contributed by atoms with Crippen molar-refractivity contribution < 1.29 is 23.2 Å². The molecule has 0 aliphatic carbocycles. The smallest absolute Gasteiger partial charge is 0.324 e. The van der Waals surface area contributed by atoms with Crippen LogP contribution in [-0.2, 0) is 0 Å². The first-order valence-electron chi connectivity index (χ1n) is 8.84. The summed E-state index contributed by atoms with van der Waals surface area (Å²) in [4.78, 5) is 20.6. The fourth-order valence-corrected chi connectivity index (χ4v) is 3.17. The first-order valence-corrected chi connectivity index (χ1v) is 8.84. The first kappa shape index (κ1) is 17.9. The number of benzene rings is 1. The van der Waals surface area contributed by atoms with E-state index in [1.165, 1.54) is 6.26 Å². The van der Waals surface area contributed by atoms with Crippen LogP contribution in [0.2, 0.25) is 0 Å². The van der Waals surface area contributed by atoms with Gasteiger partial charge in [0.1, 0.15) is 0 Å². The number of piperazine rings is 1. The molecule has 0 unspecified atom stereocenters. The zero-order valence-corrected chi connectivity index (χ0v) is 15.6. The zero-order valence-electron chi connectivity index (χ0n) is 15.6. The number of ether oxygens (including phenoxy) is 2. The maximum Gasteiger partial charge on any atom is 0.324 e. The molecule has 0 N–H and O–H groups in total. The molecule has 0 saturated carbocycles. The highest BCUT2D eigenvalue weighted by Crippen LogP contribution is 2.37. The second kappa shape index (κ2) is 7.63. The largest absolute Gasteiger partial charge is 0.493 e. The Morgan fingerprint density at radius 3 is 2.57 bits per heavy atom. The number of carbonyl (C=O) groups is 1. The Labute approximate surface area is 161 Å². The average molecular weight is 384 g/mol. The summed E-state index contributed by atoms with van der Waals surface area (Å²) in [7, 11) is 3.14. The fourth-order valence-electron chi connectivity index (χ4n) is 3.17. The standard InChI is InChI=1S/C19H20N4O5/c1-25-14-6-3-5-13(16(14)26-2)17-20-19(28-21-17)23-10-8-22(9-11-23)18(24)15-7-4-12-27-15/h3-7,12H,8-11H2,1-2H3. The summed E-state index contributed by atoms with van der Waals surface area (Å²) < 4.78 is 21.4. The molecule has 9 nitrogen and oxygen atoms in total. The van der Waals surface area contributed by atoms with Gasteiger partial charge in [0.15, 0.2) is 17.3 Å². The number of methoxy groups -OCH3 is 2. The molecule has 1 aliphatic heterocycles. The van der Waals surface area contributed by atoms with Gasteiger partial charge in [-0.3, -0.25) is 4.79 Å². The van der Waals surface area contributed by atoms with E-state index in [0.29, 0.717) is 60.8 Å². The van der Waals surface area contributed by atoms with Crippen molar-refractivity contribution in [2.75, 3.05) is 45.3 Å². The highest BCUT2D eigenvalue weighted by Gasteiger charge is 2.27. The Bertz CT molecular complexity index is 945. The Balaban J connectivity index is 1.47. The summed E-state index contributed by atoms with van der Waals surface area (Å²) in [5, 5.41) is 4.08. The molecule has 146 valence electrons. The fraction of sp³-hybridized carbons (Fsp3) is 0.316. The van der Waals surface area contributed by atoms with Gasteiger partial charge >= 0.3 is 6.01 Å². The van der Waals surface area contributed by atoms with Gasteiger partial charge in [-0.2, -0.15) is 4.98 Å². The Hall–Kier alpha value is -3.49. The van der Waals surface area contributed by atoms with Gasteiger partial charge in [0.2, 0.25) is 5.82 Å². The number of para-hydroxylation sites is 1. The van der Waals surface area contributed by atoms with Crippen LogP contribution in [0.3, 0.4) is 0 Å². The number of carbonyl (C=O) groups excluding carboxylic acids is 1. The van der Waals surface area contributed by atoms with E-state index < -0.39 is 0 Å². The number of amides is 1. The maximum atomic E-state index is 12.4. The van der Waals surface area contributed by atoms with Gasteiger partial charge in [-0.05, 0) is 24.3 Å². The lowest BCUT2D eigenvalue weighted by atomic mass is 10.2. The molecule has 28 heavy (non-hydrogen) atoms. The summed E-state index contributed by atoms with van der Waals surface area (Å²) >= 11 is 0. The van der Waals surface area contributed by atoms with E-state index in [4.69, 9.17) is 18.4 Å². The summed E-state index contributed by atoms with van der Waals surface area (Å²) in [5.41, 5.74) is 0.684. The summed E-state index contributed by atoms with van der Waals surface area (Å²) in [6, 6.07) is 9.27. The maximum absolute atomic E-state index is 12.4. The van der Waals surface area contributed by atoms with E-state index in [0.717, 1.165) is 0 Å². The van der Waals surface area contributed by atoms with Crippen LogP contribution >= 0.6 is 0 Å². The molecule has 3 heterocycles. The molecule has 4 rings (SSSR count). The second-order valence-electron chi connectivity index (χ2n) is 6.20. The molecule has 3 aromatic rings. The lowest BCUT2D eigenvalue weighted by Gasteiger charge is -2.32. The number of rotatable bonds is 5. The highest BCUT2D eigenvalue weighted by molar-refractivity contribution is 5.91. The van der Waals surface area contributed by atoms with Crippen LogP contribution in [0.5, 0.6) is 11.5 Å². The van der Waals surface area contributed by atoms with Gasteiger partial charge in [-0.25, -0.2) is 0 Å². The number of nitrogens with zero attached hydrogens (tertiary/aromatic N) is 4. The van der Waals surface area contributed by atoms with Gasteiger partial charge in [0.05, 0.1) is 26.0 Å². The SMILES string of the molecule is COc1cccc(-c2noc(N3CCN(C(=O)c4ccco4)CC3)n2)c1OC. The van der Waals surface area contributed by atoms with Gasteiger partial charge in [-0.1, -0.05) is 11.2 Å². The zero-order chi connectivity index (χ0) is 19.5. The predicted molar refractivity (Wildman–Crippen MR) is 99.7 cm³/mol. The first-order chi connectivity index (χ1) is 13.7. The van der Waals surface area contributed by atoms with Gasteiger partial charge < -0.3 is 28.2 Å². The lowest BCUT2D eigenvalue weighted by molar-refractivity contribution is 0.0712. The van der Waals surface area contributed by atoms with Crippen molar-refractivity contribution in [3.8, 4) is 22.9 Å². The molecule has 2 aromatic heterocycles. The summed E-state index contributed by atoms with van der Waals surface area (Å²) in [6.07, 6.45) is 1.50. The molecule has 0 bridgehead atoms. The molecule has 1 amide bonds. The van der Waals surface area contributed by atoms with Crippen LogP contribution in [-0.4, -0.2) is 61.3 Å². The molecule has 9 heteroatoms. The van der Waals surface area contributed by atoms with Crippen molar-refractivity contribution in [1.82, 2.24) is 15.0 Å². The van der Waals surface area contributed by atoms with Crippen molar-refractivity contribution in [1.29, 1.82) is 0 Å². The van der Waals surface area contributed by atoms with Gasteiger partial charge in [0, 0.05) is 26.2 Å². The summed E-state index contributed by atoms with van der Waals surface area (Å²) in [5.74, 6) is 1.79. The van der Waals surface area contributed by atoms with Crippen molar-refractivity contribution in [2.24, 2.45) is 0 Å². The molecule has 1 aliphatic rings. The summed E-state index contributed by atoms with van der Waals surface area (Å²) in [6.45, 7) is 2.26. The number of anilines is 1.